The monoisotopic (exact) mass is 549 g/mol. The number of unbranched alkanes of at least 4 members (excludes halogenated alkanes) is 1. The highest BCUT2D eigenvalue weighted by molar-refractivity contribution is 6.32. The molecule has 0 bridgehead atoms. The number of cyclic esters (lactones) is 1. The number of hydrogen-bond donors (Lipinski definition) is 2. The highest BCUT2D eigenvalue weighted by Crippen LogP contribution is 2.45. The van der Waals surface area contributed by atoms with E-state index in [9.17, 15) is 19.8 Å². The Bertz CT molecular complexity index is 982. The second kappa shape index (κ2) is 13.0. The lowest BCUT2D eigenvalue weighted by molar-refractivity contribution is -0.154. The summed E-state index contributed by atoms with van der Waals surface area (Å²) < 4.78 is 11.8. The average Bonchev–Trinajstić information content (AvgIpc) is 3.51. The van der Waals surface area contributed by atoms with E-state index in [1.807, 2.05) is 26.8 Å². The van der Waals surface area contributed by atoms with Gasteiger partial charge in [0, 0.05) is 18.5 Å². The van der Waals surface area contributed by atoms with Crippen molar-refractivity contribution in [3.63, 3.8) is 0 Å². The van der Waals surface area contributed by atoms with Crippen LogP contribution in [0.1, 0.15) is 91.7 Å². The fraction of sp³-hybridized carbons (Fsp3) is 0.700. The third-order valence-electron chi connectivity index (χ3n) is 8.38. The molecule has 2 fully saturated rings. The van der Waals surface area contributed by atoms with Crippen LogP contribution in [0.2, 0.25) is 0 Å². The average molecular weight is 550 g/mol. The normalized spacial score (nSPS) is 35.3. The van der Waals surface area contributed by atoms with E-state index in [0.717, 1.165) is 32.1 Å². The van der Waals surface area contributed by atoms with Gasteiger partial charge in [0.25, 0.3) is 0 Å². The summed E-state index contributed by atoms with van der Waals surface area (Å²) in [6.07, 6.45) is 4.94. The van der Waals surface area contributed by atoms with E-state index in [0.29, 0.717) is 23.6 Å². The lowest BCUT2D eigenvalue weighted by Crippen LogP contribution is -2.46. The molecular formula is C30H44ClNO6. The molecule has 2 aliphatic heterocycles. The highest BCUT2D eigenvalue weighted by atomic mass is 35.5. The summed E-state index contributed by atoms with van der Waals surface area (Å²) in [7, 11) is 0. The Labute approximate surface area is 232 Å². The lowest BCUT2D eigenvalue weighted by Gasteiger charge is -2.36. The van der Waals surface area contributed by atoms with Crippen molar-refractivity contribution in [2.24, 2.45) is 17.3 Å². The van der Waals surface area contributed by atoms with E-state index in [4.69, 9.17) is 21.1 Å². The lowest BCUT2D eigenvalue weighted by atomic mass is 9.71. The van der Waals surface area contributed by atoms with Gasteiger partial charge in [-0.2, -0.15) is 0 Å². The fourth-order valence-corrected chi connectivity index (χ4v) is 5.65. The summed E-state index contributed by atoms with van der Waals surface area (Å²) in [5.41, 5.74) is -0.971. The minimum absolute atomic E-state index is 0.0871. The van der Waals surface area contributed by atoms with Gasteiger partial charge in [-0.1, -0.05) is 64.6 Å². The van der Waals surface area contributed by atoms with Gasteiger partial charge in [0.2, 0.25) is 0 Å². The zero-order chi connectivity index (χ0) is 28.1. The summed E-state index contributed by atoms with van der Waals surface area (Å²) in [6, 6.07) is 5.45. The predicted octanol–water partition coefficient (Wildman–Crippen LogP) is 5.45. The van der Waals surface area contributed by atoms with Crippen LogP contribution in [0.3, 0.4) is 0 Å². The van der Waals surface area contributed by atoms with Gasteiger partial charge in [-0.25, -0.2) is 0 Å². The summed E-state index contributed by atoms with van der Waals surface area (Å²) in [6.45, 7) is 9.34. The maximum absolute atomic E-state index is 13.7. The molecule has 1 aromatic heterocycles. The standard InChI is InChI=1S/C30H44ClNO6/c1-6-7-13-21-27(35)19(2)11-10-14-30(5)25(38-30)17-23(22(31)16-20-12-8-9-15-32-20)37-26(34)18-24(33)29(3,4)28(21)36/h8-9,12,15-16,19,21,23-25,27,33,35H,6-7,10-11,13-14,17-18H2,1-5H3/b22-16-/t19-,21+,23-,24-,25-,27-,30+/m0/s1. The molecule has 2 saturated heterocycles. The zero-order valence-electron chi connectivity index (χ0n) is 23.4. The first-order valence-corrected chi connectivity index (χ1v) is 14.3. The Morgan fingerprint density at radius 3 is 2.63 bits per heavy atom. The molecule has 0 aliphatic carbocycles. The Morgan fingerprint density at radius 1 is 1.24 bits per heavy atom. The number of carbonyl (C=O) groups excluding carboxylic acids is 2. The summed E-state index contributed by atoms with van der Waals surface area (Å²) in [4.78, 5) is 31.0. The molecule has 38 heavy (non-hydrogen) atoms. The van der Waals surface area contributed by atoms with Crippen molar-refractivity contribution in [2.75, 3.05) is 0 Å². The van der Waals surface area contributed by atoms with Gasteiger partial charge in [-0.05, 0) is 50.3 Å². The molecule has 212 valence electrons. The quantitative estimate of drug-likeness (QED) is 0.371. The zero-order valence-corrected chi connectivity index (χ0v) is 24.1. The third-order valence-corrected chi connectivity index (χ3v) is 8.73. The summed E-state index contributed by atoms with van der Waals surface area (Å²) >= 11 is 6.65. The predicted molar refractivity (Wildman–Crippen MR) is 147 cm³/mol. The van der Waals surface area contributed by atoms with E-state index < -0.39 is 35.6 Å². The number of hydrogen-bond acceptors (Lipinski definition) is 7. The number of carbonyl (C=O) groups is 2. The topological polar surface area (TPSA) is 109 Å². The molecule has 1 aromatic rings. The minimum atomic E-state index is -1.27. The van der Waals surface area contributed by atoms with Crippen LogP contribution >= 0.6 is 11.6 Å². The van der Waals surface area contributed by atoms with Crippen LogP contribution in [0.4, 0.5) is 0 Å². The first-order chi connectivity index (χ1) is 17.9. The number of pyridine rings is 1. The molecule has 7 atom stereocenters. The maximum Gasteiger partial charge on any atom is 0.309 e. The van der Waals surface area contributed by atoms with Gasteiger partial charge in [0.15, 0.2) is 0 Å². The number of halogens is 1. The number of epoxide rings is 1. The third kappa shape index (κ3) is 7.65. The molecule has 2 N–H and O–H groups in total. The molecule has 7 nitrogen and oxygen atoms in total. The molecule has 8 heteroatoms. The smallest absolute Gasteiger partial charge is 0.309 e. The number of nitrogens with zero attached hydrogens (tertiary/aromatic N) is 1. The largest absolute Gasteiger partial charge is 0.456 e. The van der Waals surface area contributed by atoms with Gasteiger partial charge >= 0.3 is 5.97 Å². The van der Waals surface area contributed by atoms with Crippen molar-refractivity contribution in [1.82, 2.24) is 4.98 Å². The van der Waals surface area contributed by atoms with Crippen LogP contribution in [0.5, 0.6) is 0 Å². The summed E-state index contributed by atoms with van der Waals surface area (Å²) in [5, 5.41) is 22.6. The van der Waals surface area contributed by atoms with E-state index in [2.05, 4.69) is 4.98 Å². The number of aromatic nitrogens is 1. The fourth-order valence-electron chi connectivity index (χ4n) is 5.40. The van der Waals surface area contributed by atoms with E-state index in [1.165, 1.54) is 0 Å². The number of aliphatic hydroxyl groups is 2. The van der Waals surface area contributed by atoms with Crippen molar-refractivity contribution in [3.8, 4) is 0 Å². The second-order valence-corrected chi connectivity index (χ2v) is 12.3. The number of aliphatic hydroxyl groups excluding tert-OH is 2. The van der Waals surface area contributed by atoms with E-state index in [-0.39, 0.29) is 29.8 Å². The SMILES string of the molecule is CCCC[C@H]1C(=O)C(C)(C)[C@@H](O)CC(=O)O[C@H](/C(Cl)=C/c2ccccn2)C[C@@H]2O[C@]2(C)CCC[C@H](C)[C@@H]1O. The van der Waals surface area contributed by atoms with Crippen molar-refractivity contribution in [2.45, 2.75) is 116 Å². The van der Waals surface area contributed by atoms with E-state index >= 15 is 0 Å². The first-order valence-electron chi connectivity index (χ1n) is 13.9. The molecular weight excluding hydrogens is 506 g/mol. The molecule has 0 spiro atoms. The van der Waals surface area contributed by atoms with Crippen molar-refractivity contribution in [1.29, 1.82) is 0 Å². The van der Waals surface area contributed by atoms with Crippen LogP contribution in [0, 0.1) is 17.3 Å². The molecule has 2 aliphatic rings. The van der Waals surface area contributed by atoms with Crippen LogP contribution in [0.25, 0.3) is 6.08 Å². The first kappa shape index (κ1) is 30.7. The van der Waals surface area contributed by atoms with Crippen LogP contribution in [-0.2, 0) is 19.1 Å². The Balaban J connectivity index is 1.88. The molecule has 0 unspecified atom stereocenters. The van der Waals surface area contributed by atoms with Crippen LogP contribution < -0.4 is 0 Å². The van der Waals surface area contributed by atoms with Crippen molar-refractivity contribution >= 4 is 29.4 Å². The number of fused-ring (bicyclic) bond motifs is 1. The number of esters is 1. The van der Waals surface area contributed by atoms with Gasteiger partial charge in [0.1, 0.15) is 11.9 Å². The van der Waals surface area contributed by atoms with Crippen molar-refractivity contribution < 1.29 is 29.3 Å². The summed E-state index contributed by atoms with van der Waals surface area (Å²) in [5.74, 6) is -1.57. The van der Waals surface area contributed by atoms with E-state index in [1.54, 1.807) is 38.3 Å². The van der Waals surface area contributed by atoms with Crippen LogP contribution in [0.15, 0.2) is 29.4 Å². The second-order valence-electron chi connectivity index (χ2n) is 11.8. The van der Waals surface area contributed by atoms with Gasteiger partial charge in [0.05, 0.1) is 46.5 Å². The molecule has 0 amide bonds. The molecule has 0 radical (unpaired) electrons. The molecule has 3 heterocycles. The Kier molecular flexibility index (Phi) is 10.5. The number of ether oxygens (including phenoxy) is 2. The minimum Gasteiger partial charge on any atom is -0.456 e. The van der Waals surface area contributed by atoms with Crippen LogP contribution in [-0.4, -0.2) is 57.0 Å². The Hall–Kier alpha value is -1.80. The highest BCUT2D eigenvalue weighted by Gasteiger charge is 2.53. The Morgan fingerprint density at radius 2 is 1.97 bits per heavy atom. The van der Waals surface area contributed by atoms with Gasteiger partial charge in [-0.15, -0.1) is 0 Å². The van der Waals surface area contributed by atoms with Crippen molar-refractivity contribution in [3.05, 3.63) is 35.1 Å². The van der Waals surface area contributed by atoms with Gasteiger partial charge < -0.3 is 19.7 Å². The number of rotatable bonds is 5. The molecule has 3 rings (SSSR count). The van der Waals surface area contributed by atoms with Gasteiger partial charge in [-0.3, -0.25) is 14.6 Å². The molecule has 0 saturated carbocycles. The number of Topliss-reactive ketones (excluding diaryl/α,β-unsaturated/α-hetero) is 1. The maximum atomic E-state index is 13.7. The molecule has 0 aromatic carbocycles. The number of ketones is 1.